The first-order valence-corrected chi connectivity index (χ1v) is 27.1. The average molecular weight is 1010 g/mol. The number of benzene rings is 5. The number of hydrogen-bond donors (Lipinski definition) is 2. The predicted molar refractivity (Wildman–Crippen MR) is 301 cm³/mol. The maximum atomic E-state index is 12.4. The molecule has 0 aliphatic carbocycles. The summed E-state index contributed by atoms with van der Waals surface area (Å²) in [5, 5.41) is 10.9. The molecular weight excluding hydrogens is 926 g/mol. The third-order valence-corrected chi connectivity index (χ3v) is 13.5. The third kappa shape index (κ3) is 17.0. The first-order valence-electron chi connectivity index (χ1n) is 27.1. The highest BCUT2D eigenvalue weighted by Gasteiger charge is 2.36. The molecule has 0 atom stereocenters. The fraction of sp³-hybridized carbons (Fsp3) is 0.533. The number of ether oxygens (including phenoxy) is 2. The number of nitrogens with one attached hydrogen (secondary N) is 2. The highest BCUT2D eigenvalue weighted by atomic mass is 16.6. The summed E-state index contributed by atoms with van der Waals surface area (Å²) in [4.78, 5) is 30.0. The highest BCUT2D eigenvalue weighted by molar-refractivity contribution is 6.62. The topological polar surface area (TPSA) is 120 Å². The molecule has 2 aliphatic rings. The van der Waals surface area contributed by atoms with Gasteiger partial charge in [0.15, 0.2) is 0 Å². The van der Waals surface area contributed by atoms with Gasteiger partial charge in [-0.3, -0.25) is 9.80 Å². The highest BCUT2D eigenvalue weighted by Crippen LogP contribution is 2.36. The molecule has 2 amide bonds. The number of fused-ring (bicyclic) bond motifs is 2. The van der Waals surface area contributed by atoms with E-state index in [0.29, 0.717) is 39.5 Å². The second kappa shape index (κ2) is 25.7. The van der Waals surface area contributed by atoms with Crippen molar-refractivity contribution in [3.05, 3.63) is 119 Å². The molecule has 74 heavy (non-hydrogen) atoms. The van der Waals surface area contributed by atoms with Gasteiger partial charge in [-0.25, -0.2) is 9.59 Å². The van der Waals surface area contributed by atoms with Gasteiger partial charge in [0.05, 0.1) is 0 Å². The van der Waals surface area contributed by atoms with Crippen molar-refractivity contribution >= 4 is 58.9 Å². The molecule has 14 heteroatoms. The van der Waals surface area contributed by atoms with Crippen LogP contribution in [0.25, 0.3) is 21.5 Å². The Morgan fingerprint density at radius 2 is 0.811 bits per heavy atom. The lowest BCUT2D eigenvalue weighted by molar-refractivity contribution is 0.0341. The zero-order valence-electron chi connectivity index (χ0n) is 46.3. The molecule has 7 rings (SSSR count). The van der Waals surface area contributed by atoms with E-state index in [9.17, 15) is 9.59 Å². The van der Waals surface area contributed by atoms with Gasteiger partial charge < -0.3 is 38.7 Å². The number of amides is 2. The fourth-order valence-electron chi connectivity index (χ4n) is 9.85. The molecule has 0 saturated carbocycles. The van der Waals surface area contributed by atoms with Crippen LogP contribution < -0.4 is 21.6 Å². The molecule has 12 nitrogen and oxygen atoms in total. The summed E-state index contributed by atoms with van der Waals surface area (Å²) >= 11 is 0. The first-order chi connectivity index (χ1) is 35.2. The Morgan fingerprint density at radius 3 is 1.15 bits per heavy atom. The van der Waals surface area contributed by atoms with E-state index in [0.717, 1.165) is 88.7 Å². The summed E-state index contributed by atoms with van der Waals surface area (Å²) in [7, 11) is -0.834. The predicted octanol–water partition coefficient (Wildman–Crippen LogP) is 10.9. The zero-order valence-corrected chi connectivity index (χ0v) is 46.3. The summed E-state index contributed by atoms with van der Waals surface area (Å²) in [6.07, 6.45) is 4.78. The zero-order chi connectivity index (χ0) is 52.9. The second-order valence-electron chi connectivity index (χ2n) is 24.1. The van der Waals surface area contributed by atoms with Crippen LogP contribution in [-0.4, -0.2) is 100 Å². The molecule has 2 aliphatic heterocycles. The van der Waals surface area contributed by atoms with Crippen molar-refractivity contribution in [3.8, 4) is 0 Å². The number of carbonyl (C=O) groups excluding carboxylic acids is 2. The van der Waals surface area contributed by atoms with Crippen molar-refractivity contribution in [1.82, 2.24) is 20.4 Å². The van der Waals surface area contributed by atoms with Crippen LogP contribution in [-0.2, 0) is 54.3 Å². The Bertz CT molecular complexity index is 2380. The minimum absolute atomic E-state index is 0.0374. The normalized spacial score (nSPS) is 16.0. The Kier molecular flexibility index (Phi) is 19.7. The molecule has 0 aromatic heterocycles. The number of rotatable bonds is 22. The Balaban J connectivity index is 1.17. The van der Waals surface area contributed by atoms with E-state index in [1.807, 2.05) is 41.5 Å². The monoisotopic (exact) mass is 1010 g/mol. The van der Waals surface area contributed by atoms with Crippen LogP contribution in [0.3, 0.4) is 0 Å². The second-order valence-corrected chi connectivity index (χ2v) is 24.1. The van der Waals surface area contributed by atoms with Crippen molar-refractivity contribution in [1.29, 1.82) is 0 Å². The van der Waals surface area contributed by atoms with Crippen LogP contribution >= 0.6 is 0 Å². The van der Waals surface area contributed by atoms with Crippen LogP contribution in [0.4, 0.5) is 9.59 Å². The number of unbranched alkanes of at least 4 members (excludes halogenated alkanes) is 4. The van der Waals surface area contributed by atoms with Crippen molar-refractivity contribution in [2.24, 2.45) is 10.8 Å². The first kappa shape index (κ1) is 56.8. The Hall–Kier alpha value is -4.95. The van der Waals surface area contributed by atoms with E-state index in [-0.39, 0.29) is 23.0 Å². The van der Waals surface area contributed by atoms with Crippen LogP contribution in [0.2, 0.25) is 0 Å². The number of nitrogens with zero attached hydrogens (tertiary/aromatic N) is 2. The maximum absolute atomic E-state index is 12.4. The van der Waals surface area contributed by atoms with Crippen LogP contribution in [0, 0.1) is 10.8 Å². The van der Waals surface area contributed by atoms with Gasteiger partial charge in [-0.2, -0.15) is 0 Å². The molecule has 398 valence electrons. The maximum Gasteiger partial charge on any atom is 0.494 e. The summed E-state index contributed by atoms with van der Waals surface area (Å²) in [5.41, 5.74) is 6.00. The number of hydrogen-bond acceptors (Lipinski definition) is 10. The van der Waals surface area contributed by atoms with E-state index in [1.54, 1.807) is 0 Å². The molecule has 2 heterocycles. The van der Waals surface area contributed by atoms with E-state index >= 15 is 0 Å². The third-order valence-electron chi connectivity index (χ3n) is 13.5. The molecule has 2 saturated heterocycles. The lowest BCUT2D eigenvalue weighted by Crippen LogP contribution is -2.49. The Labute approximate surface area is 443 Å². The van der Waals surface area contributed by atoms with Gasteiger partial charge in [-0.05, 0) is 135 Å². The Morgan fingerprint density at radius 1 is 0.486 bits per heavy atom. The standard InChI is InChI=1S/C60H84B2N4O8/c1-57(2,3)73-55(67)63-33-21-11-23-35-65(37-45-25-13-19-31-53(45)61-69-41-59(7,8)42-70-61)39-51-47-27-15-17-29-49(47)52(50-30-18-16-28-48(50)51)40-66(36-24-12-22-34-64-56(68)74-58(4,5)6)38-46-26-14-20-32-54(46)62-71-43-60(9,10)44-72-62/h13-20,25-32H,11-12,21-24,33-44H2,1-10H3,(H,63,67)(H,64,68). The van der Waals surface area contributed by atoms with E-state index in [1.165, 1.54) is 43.8 Å². The van der Waals surface area contributed by atoms with Crippen molar-refractivity contribution < 1.29 is 37.7 Å². The molecule has 5 aromatic carbocycles. The van der Waals surface area contributed by atoms with Crippen LogP contribution in [0.1, 0.15) is 130 Å². The van der Waals surface area contributed by atoms with Crippen LogP contribution in [0.15, 0.2) is 97.1 Å². The summed E-state index contributed by atoms with van der Waals surface area (Å²) in [6.45, 7) is 28.3. The van der Waals surface area contributed by atoms with Gasteiger partial charge in [0, 0.05) is 76.5 Å². The molecule has 0 radical (unpaired) electrons. The van der Waals surface area contributed by atoms with Gasteiger partial charge in [0.1, 0.15) is 11.2 Å². The summed E-state index contributed by atoms with van der Waals surface area (Å²) in [6, 6.07) is 35.0. The van der Waals surface area contributed by atoms with Gasteiger partial charge >= 0.3 is 26.4 Å². The SMILES string of the molecule is CC1(C)COB(c2ccccc2CN(CCCCCNC(=O)OC(C)(C)C)Cc2c3ccccc3c(CN(CCCCCNC(=O)OC(C)(C)C)Cc3ccccc3B3OCC(C)(C)CO3)c3ccccc23)OC1. The van der Waals surface area contributed by atoms with E-state index in [4.69, 9.17) is 28.1 Å². The van der Waals surface area contributed by atoms with E-state index < -0.39 is 25.4 Å². The molecule has 0 unspecified atom stereocenters. The fourth-order valence-corrected chi connectivity index (χ4v) is 9.85. The quantitative estimate of drug-likeness (QED) is 0.0394. The van der Waals surface area contributed by atoms with Gasteiger partial charge in [0.2, 0.25) is 0 Å². The number of alkyl carbamates (subject to hydrolysis) is 2. The van der Waals surface area contributed by atoms with Crippen molar-refractivity contribution in [2.75, 3.05) is 52.6 Å². The van der Waals surface area contributed by atoms with Gasteiger partial charge in [0.25, 0.3) is 0 Å². The van der Waals surface area contributed by atoms with Crippen molar-refractivity contribution in [3.63, 3.8) is 0 Å². The molecular formula is C60H84B2N4O8. The molecule has 2 fully saturated rings. The van der Waals surface area contributed by atoms with Gasteiger partial charge in [-0.1, -0.05) is 138 Å². The molecule has 0 bridgehead atoms. The largest absolute Gasteiger partial charge is 0.494 e. The lowest BCUT2D eigenvalue weighted by atomic mass is 9.73. The molecule has 5 aromatic rings. The summed E-state index contributed by atoms with van der Waals surface area (Å²) < 4.78 is 36.5. The number of carbonyl (C=O) groups is 2. The lowest BCUT2D eigenvalue weighted by Gasteiger charge is -2.34. The molecule has 0 spiro atoms. The minimum atomic E-state index is -0.536. The summed E-state index contributed by atoms with van der Waals surface area (Å²) in [5.74, 6) is 0. The smallest absolute Gasteiger partial charge is 0.444 e. The average Bonchev–Trinajstić information content (AvgIpc) is 3.34. The molecule has 2 N–H and O–H groups in total. The minimum Gasteiger partial charge on any atom is -0.444 e. The van der Waals surface area contributed by atoms with Gasteiger partial charge in [-0.15, -0.1) is 0 Å². The van der Waals surface area contributed by atoms with Crippen molar-refractivity contribution in [2.45, 2.75) is 145 Å². The van der Waals surface area contributed by atoms with E-state index in [2.05, 4.69) is 145 Å². The van der Waals surface area contributed by atoms with Crippen LogP contribution in [0.5, 0.6) is 0 Å².